The maximum Gasteiger partial charge on any atom is 0.227 e. The summed E-state index contributed by atoms with van der Waals surface area (Å²) in [5.41, 5.74) is 2.22. The Hall–Kier alpha value is -2.17. The number of hydrogen-bond acceptors (Lipinski definition) is 4. The summed E-state index contributed by atoms with van der Waals surface area (Å²) in [6, 6.07) is 8.53. The van der Waals surface area contributed by atoms with Gasteiger partial charge in [-0.05, 0) is 37.2 Å². The number of nitrogens with zero attached hydrogens (tertiary/aromatic N) is 3. The number of rotatable bonds is 7. The zero-order chi connectivity index (χ0) is 18.0. The fourth-order valence-electron chi connectivity index (χ4n) is 3.00. The van der Waals surface area contributed by atoms with Crippen molar-refractivity contribution in [3.63, 3.8) is 0 Å². The molecule has 3 rings (SSSR count). The molecule has 1 heterocycles. The van der Waals surface area contributed by atoms with Crippen LogP contribution in [0.25, 0.3) is 11.4 Å². The molecule has 0 N–H and O–H groups in total. The summed E-state index contributed by atoms with van der Waals surface area (Å²) in [7, 11) is 1.89. The molecule has 1 aliphatic rings. The van der Waals surface area contributed by atoms with Crippen LogP contribution < -0.4 is 0 Å². The van der Waals surface area contributed by atoms with E-state index in [4.69, 9.17) is 4.52 Å². The van der Waals surface area contributed by atoms with Gasteiger partial charge in [-0.15, -0.1) is 0 Å². The van der Waals surface area contributed by atoms with Gasteiger partial charge in [0.15, 0.2) is 0 Å². The van der Waals surface area contributed by atoms with Gasteiger partial charge >= 0.3 is 0 Å². The van der Waals surface area contributed by atoms with Crippen molar-refractivity contribution in [2.24, 2.45) is 5.92 Å². The Morgan fingerprint density at radius 1 is 1.24 bits per heavy atom. The fraction of sp³-hybridized carbons (Fsp3) is 0.550. The van der Waals surface area contributed by atoms with Gasteiger partial charge in [0, 0.05) is 31.5 Å². The van der Waals surface area contributed by atoms with Gasteiger partial charge in [-0.25, -0.2) is 0 Å². The van der Waals surface area contributed by atoms with Crippen LogP contribution in [0.5, 0.6) is 0 Å². The second kappa shape index (κ2) is 7.38. The number of hydrogen-bond donors (Lipinski definition) is 0. The molecule has 134 valence electrons. The van der Waals surface area contributed by atoms with E-state index < -0.39 is 0 Å². The third kappa shape index (κ3) is 4.27. The zero-order valence-corrected chi connectivity index (χ0v) is 15.5. The van der Waals surface area contributed by atoms with E-state index in [1.165, 1.54) is 18.4 Å². The molecular formula is C20H27N3O2. The molecule has 1 atom stereocenters. The molecule has 0 bridgehead atoms. The topological polar surface area (TPSA) is 59.2 Å². The molecule has 1 saturated carbocycles. The van der Waals surface area contributed by atoms with E-state index in [1.54, 1.807) is 0 Å². The number of carbonyl (C=O) groups excluding carboxylic acids is 1. The summed E-state index contributed by atoms with van der Waals surface area (Å²) in [5.74, 6) is 2.41. The average Bonchev–Trinajstić information content (AvgIpc) is 3.36. The molecular weight excluding hydrogens is 314 g/mol. The van der Waals surface area contributed by atoms with Gasteiger partial charge in [0.25, 0.3) is 0 Å². The summed E-state index contributed by atoms with van der Waals surface area (Å²) in [5, 5.41) is 4.05. The quantitative estimate of drug-likeness (QED) is 0.762. The van der Waals surface area contributed by atoms with Gasteiger partial charge in [0.2, 0.25) is 17.6 Å². The summed E-state index contributed by atoms with van der Waals surface area (Å²) < 4.78 is 5.32. The standard InChI is InChI=1S/C20H27N3O2/c1-13(2)15-5-9-17(10-6-15)20-21-18(25-22-20)11-12-19(24)23(4)14(3)16-7-8-16/h5-6,9-10,13-14,16H,7-8,11-12H2,1-4H3. The minimum Gasteiger partial charge on any atom is -0.343 e. The molecule has 1 aliphatic carbocycles. The molecule has 2 aromatic rings. The van der Waals surface area contributed by atoms with Crippen molar-refractivity contribution in [3.8, 4) is 11.4 Å². The Morgan fingerprint density at radius 3 is 2.52 bits per heavy atom. The summed E-state index contributed by atoms with van der Waals surface area (Å²) in [6.07, 6.45) is 3.36. The van der Waals surface area contributed by atoms with E-state index in [9.17, 15) is 4.79 Å². The first-order valence-electron chi connectivity index (χ1n) is 9.14. The first-order chi connectivity index (χ1) is 12.0. The minimum atomic E-state index is 0.139. The van der Waals surface area contributed by atoms with E-state index in [0.29, 0.717) is 42.4 Å². The summed E-state index contributed by atoms with van der Waals surface area (Å²) >= 11 is 0. The van der Waals surface area contributed by atoms with Crippen molar-refractivity contribution in [3.05, 3.63) is 35.7 Å². The Bertz CT molecular complexity index is 717. The van der Waals surface area contributed by atoms with Crippen LogP contribution in [0.4, 0.5) is 0 Å². The molecule has 1 aromatic heterocycles. The van der Waals surface area contributed by atoms with Gasteiger partial charge < -0.3 is 9.42 Å². The molecule has 0 spiro atoms. The van der Waals surface area contributed by atoms with Crippen LogP contribution in [-0.2, 0) is 11.2 Å². The lowest BCUT2D eigenvalue weighted by molar-refractivity contribution is -0.132. The van der Waals surface area contributed by atoms with E-state index in [1.807, 2.05) is 24.1 Å². The molecule has 1 amide bonds. The van der Waals surface area contributed by atoms with E-state index in [2.05, 4.69) is 43.0 Å². The maximum atomic E-state index is 12.3. The molecule has 1 unspecified atom stereocenters. The molecule has 5 nitrogen and oxygen atoms in total. The SMILES string of the molecule is CC(C)c1ccc(-c2noc(CCC(=O)N(C)C(C)C3CC3)n2)cc1. The van der Waals surface area contributed by atoms with Crippen LogP contribution in [0.2, 0.25) is 0 Å². The number of aromatic nitrogens is 2. The first-order valence-corrected chi connectivity index (χ1v) is 9.14. The highest BCUT2D eigenvalue weighted by Crippen LogP contribution is 2.34. The van der Waals surface area contributed by atoms with Crippen molar-refractivity contribution >= 4 is 5.91 Å². The predicted octanol–water partition coefficient (Wildman–Crippen LogP) is 4.05. The van der Waals surface area contributed by atoms with E-state index in [0.717, 1.165) is 5.56 Å². The first kappa shape index (κ1) is 17.6. The van der Waals surface area contributed by atoms with Crippen LogP contribution in [-0.4, -0.2) is 34.0 Å². The lowest BCUT2D eigenvalue weighted by Crippen LogP contribution is -2.36. The second-order valence-electron chi connectivity index (χ2n) is 7.37. The monoisotopic (exact) mass is 341 g/mol. The lowest BCUT2D eigenvalue weighted by atomic mass is 10.0. The minimum absolute atomic E-state index is 0.139. The molecule has 0 saturated heterocycles. The Labute approximate surface area is 149 Å². The third-order valence-corrected chi connectivity index (χ3v) is 5.16. The Balaban J connectivity index is 1.57. The maximum absolute atomic E-state index is 12.3. The highest BCUT2D eigenvalue weighted by Gasteiger charge is 2.32. The van der Waals surface area contributed by atoms with Crippen molar-refractivity contribution in [2.45, 2.75) is 58.4 Å². The van der Waals surface area contributed by atoms with Crippen LogP contribution >= 0.6 is 0 Å². The van der Waals surface area contributed by atoms with Crippen LogP contribution in [0.1, 0.15) is 57.4 Å². The molecule has 0 aliphatic heterocycles. The number of benzene rings is 1. The Kier molecular flexibility index (Phi) is 5.21. The number of aryl methyl sites for hydroxylation is 1. The van der Waals surface area contributed by atoms with Crippen molar-refractivity contribution in [1.29, 1.82) is 0 Å². The summed E-state index contributed by atoms with van der Waals surface area (Å²) in [4.78, 5) is 18.6. The third-order valence-electron chi connectivity index (χ3n) is 5.16. The Morgan fingerprint density at radius 2 is 1.92 bits per heavy atom. The average molecular weight is 341 g/mol. The number of carbonyl (C=O) groups is 1. The van der Waals surface area contributed by atoms with Crippen LogP contribution in [0, 0.1) is 5.92 Å². The predicted molar refractivity (Wildman–Crippen MR) is 97.1 cm³/mol. The van der Waals surface area contributed by atoms with E-state index in [-0.39, 0.29) is 5.91 Å². The van der Waals surface area contributed by atoms with Crippen LogP contribution in [0.3, 0.4) is 0 Å². The number of amides is 1. The van der Waals surface area contributed by atoms with Gasteiger partial charge in [-0.3, -0.25) is 4.79 Å². The zero-order valence-electron chi connectivity index (χ0n) is 15.5. The molecule has 1 fully saturated rings. The smallest absolute Gasteiger partial charge is 0.227 e. The van der Waals surface area contributed by atoms with Crippen molar-refractivity contribution < 1.29 is 9.32 Å². The molecule has 1 aromatic carbocycles. The molecule has 5 heteroatoms. The highest BCUT2D eigenvalue weighted by atomic mass is 16.5. The van der Waals surface area contributed by atoms with E-state index >= 15 is 0 Å². The molecule has 25 heavy (non-hydrogen) atoms. The van der Waals surface area contributed by atoms with Gasteiger partial charge in [0.05, 0.1) is 0 Å². The normalized spacial score (nSPS) is 15.4. The van der Waals surface area contributed by atoms with Crippen LogP contribution in [0.15, 0.2) is 28.8 Å². The summed E-state index contributed by atoms with van der Waals surface area (Å²) in [6.45, 7) is 6.46. The largest absolute Gasteiger partial charge is 0.343 e. The fourth-order valence-corrected chi connectivity index (χ4v) is 3.00. The van der Waals surface area contributed by atoms with Gasteiger partial charge in [0.1, 0.15) is 0 Å². The van der Waals surface area contributed by atoms with Crippen molar-refractivity contribution in [1.82, 2.24) is 15.0 Å². The van der Waals surface area contributed by atoms with Gasteiger partial charge in [-0.2, -0.15) is 4.98 Å². The van der Waals surface area contributed by atoms with Crippen molar-refractivity contribution in [2.75, 3.05) is 7.05 Å². The molecule has 0 radical (unpaired) electrons. The second-order valence-corrected chi connectivity index (χ2v) is 7.37. The van der Waals surface area contributed by atoms with Gasteiger partial charge in [-0.1, -0.05) is 43.3 Å². The highest BCUT2D eigenvalue weighted by molar-refractivity contribution is 5.76. The lowest BCUT2D eigenvalue weighted by Gasteiger charge is -2.24.